The van der Waals surface area contributed by atoms with Gasteiger partial charge in [0.2, 0.25) is 0 Å². The van der Waals surface area contributed by atoms with Crippen LogP contribution in [0.25, 0.3) is 0 Å². The maximum atomic E-state index is 11.6. The number of nitro benzene ring substituents is 1. The molecule has 0 aromatic heterocycles. The van der Waals surface area contributed by atoms with Gasteiger partial charge in [0.15, 0.2) is 0 Å². The number of Topliss-reactive ketones (excluding diaryl/α,β-unsaturated/α-hetero) is 1. The molecule has 0 amide bonds. The molecule has 98 valence electrons. The first-order chi connectivity index (χ1) is 8.54. The second-order valence-electron chi connectivity index (χ2n) is 4.09. The van der Waals surface area contributed by atoms with Crippen LogP contribution in [0.1, 0.15) is 18.4 Å². The van der Waals surface area contributed by atoms with Crippen molar-refractivity contribution in [1.82, 2.24) is 0 Å². The summed E-state index contributed by atoms with van der Waals surface area (Å²) in [4.78, 5) is 21.6. The van der Waals surface area contributed by atoms with Crippen molar-refractivity contribution in [2.45, 2.75) is 25.3 Å². The summed E-state index contributed by atoms with van der Waals surface area (Å²) in [5.74, 6) is -0.0289. The standard InChI is InChI=1S/C12H17N3O3/c13-7-1-2-12(16)11(14)8-9-3-5-10(6-4-9)15(17)18/h3-6,11H,1-2,7-8,13-14H2/t11-/m0/s1. The lowest BCUT2D eigenvalue weighted by atomic mass is 10.0. The summed E-state index contributed by atoms with van der Waals surface area (Å²) in [5.41, 5.74) is 11.9. The van der Waals surface area contributed by atoms with Crippen LogP contribution in [0.3, 0.4) is 0 Å². The van der Waals surface area contributed by atoms with Crippen LogP contribution in [0, 0.1) is 10.1 Å². The van der Waals surface area contributed by atoms with Crippen molar-refractivity contribution in [3.63, 3.8) is 0 Å². The molecule has 1 atom stereocenters. The van der Waals surface area contributed by atoms with Crippen LogP contribution in [0.2, 0.25) is 0 Å². The molecule has 0 spiro atoms. The van der Waals surface area contributed by atoms with E-state index in [0.29, 0.717) is 25.8 Å². The van der Waals surface area contributed by atoms with Crippen molar-refractivity contribution in [2.24, 2.45) is 11.5 Å². The summed E-state index contributed by atoms with van der Waals surface area (Å²) in [5, 5.41) is 10.5. The highest BCUT2D eigenvalue weighted by Gasteiger charge is 2.14. The number of non-ortho nitro benzene ring substituents is 1. The number of carbonyl (C=O) groups is 1. The number of nitrogens with two attached hydrogens (primary N) is 2. The summed E-state index contributed by atoms with van der Waals surface area (Å²) in [7, 11) is 0. The van der Waals surface area contributed by atoms with E-state index in [2.05, 4.69) is 0 Å². The Kier molecular flexibility index (Phi) is 5.41. The van der Waals surface area contributed by atoms with Crippen molar-refractivity contribution in [2.75, 3.05) is 6.54 Å². The predicted octanol–water partition coefficient (Wildman–Crippen LogP) is 0.773. The molecule has 0 saturated carbocycles. The number of nitrogens with zero attached hydrogens (tertiary/aromatic N) is 1. The van der Waals surface area contributed by atoms with Gasteiger partial charge in [-0.05, 0) is 24.9 Å². The van der Waals surface area contributed by atoms with E-state index < -0.39 is 11.0 Å². The minimum Gasteiger partial charge on any atom is -0.330 e. The first-order valence-electron chi connectivity index (χ1n) is 5.76. The fourth-order valence-electron chi connectivity index (χ4n) is 1.58. The van der Waals surface area contributed by atoms with E-state index in [1.807, 2.05) is 0 Å². The van der Waals surface area contributed by atoms with Crippen LogP contribution in [0.4, 0.5) is 5.69 Å². The lowest BCUT2D eigenvalue weighted by Gasteiger charge is -2.10. The average molecular weight is 251 g/mol. The number of hydrogen-bond acceptors (Lipinski definition) is 5. The summed E-state index contributed by atoms with van der Waals surface area (Å²) >= 11 is 0. The molecule has 0 aliphatic carbocycles. The average Bonchev–Trinajstić information content (AvgIpc) is 2.36. The Balaban J connectivity index is 2.56. The summed E-state index contributed by atoms with van der Waals surface area (Å²) in [6.07, 6.45) is 1.40. The van der Waals surface area contributed by atoms with Gasteiger partial charge in [-0.3, -0.25) is 14.9 Å². The molecule has 6 nitrogen and oxygen atoms in total. The van der Waals surface area contributed by atoms with Gasteiger partial charge in [-0.25, -0.2) is 0 Å². The number of nitro groups is 1. The minimum atomic E-state index is -0.571. The van der Waals surface area contributed by atoms with Gasteiger partial charge in [-0.15, -0.1) is 0 Å². The van der Waals surface area contributed by atoms with Gasteiger partial charge in [-0.2, -0.15) is 0 Å². The van der Waals surface area contributed by atoms with E-state index >= 15 is 0 Å². The summed E-state index contributed by atoms with van der Waals surface area (Å²) in [6.45, 7) is 0.468. The quantitative estimate of drug-likeness (QED) is 0.549. The third-order valence-electron chi connectivity index (χ3n) is 2.64. The lowest BCUT2D eigenvalue weighted by Crippen LogP contribution is -2.32. The van der Waals surface area contributed by atoms with Crippen LogP contribution in [-0.2, 0) is 11.2 Å². The Bertz CT molecular complexity index is 417. The van der Waals surface area contributed by atoms with Gasteiger partial charge in [0.1, 0.15) is 5.78 Å². The van der Waals surface area contributed by atoms with Gasteiger partial charge in [0.25, 0.3) is 5.69 Å². The molecule has 0 unspecified atom stereocenters. The van der Waals surface area contributed by atoms with Crippen molar-refractivity contribution >= 4 is 11.5 Å². The van der Waals surface area contributed by atoms with Gasteiger partial charge < -0.3 is 11.5 Å². The molecular weight excluding hydrogens is 234 g/mol. The molecule has 6 heteroatoms. The number of rotatable bonds is 7. The van der Waals surface area contributed by atoms with E-state index in [4.69, 9.17) is 11.5 Å². The van der Waals surface area contributed by atoms with Gasteiger partial charge in [-0.1, -0.05) is 12.1 Å². The predicted molar refractivity (Wildman–Crippen MR) is 68.1 cm³/mol. The molecular formula is C12H17N3O3. The normalized spacial score (nSPS) is 12.1. The number of benzene rings is 1. The minimum absolute atomic E-state index is 0.0289. The molecule has 1 aromatic carbocycles. The van der Waals surface area contributed by atoms with Crippen LogP contribution >= 0.6 is 0 Å². The second-order valence-corrected chi connectivity index (χ2v) is 4.09. The van der Waals surface area contributed by atoms with Crippen molar-refractivity contribution in [1.29, 1.82) is 0 Å². The fraction of sp³-hybridized carbons (Fsp3) is 0.417. The Morgan fingerprint density at radius 1 is 1.33 bits per heavy atom. The van der Waals surface area contributed by atoms with Gasteiger partial charge in [0.05, 0.1) is 11.0 Å². The SMILES string of the molecule is NCCCC(=O)[C@@H](N)Cc1ccc([N+](=O)[O-])cc1. The molecule has 0 saturated heterocycles. The smallest absolute Gasteiger partial charge is 0.269 e. The number of ketones is 1. The lowest BCUT2D eigenvalue weighted by molar-refractivity contribution is -0.384. The Hall–Kier alpha value is -1.79. The maximum Gasteiger partial charge on any atom is 0.269 e. The van der Waals surface area contributed by atoms with Crippen molar-refractivity contribution in [3.05, 3.63) is 39.9 Å². The molecule has 1 aromatic rings. The Morgan fingerprint density at radius 3 is 2.44 bits per heavy atom. The molecule has 0 radical (unpaired) electrons. The van der Waals surface area contributed by atoms with E-state index in [9.17, 15) is 14.9 Å². The number of carbonyl (C=O) groups excluding carboxylic acids is 1. The van der Waals surface area contributed by atoms with E-state index in [0.717, 1.165) is 5.56 Å². The molecule has 0 bridgehead atoms. The third-order valence-corrected chi connectivity index (χ3v) is 2.64. The van der Waals surface area contributed by atoms with Crippen LogP contribution in [-0.4, -0.2) is 23.3 Å². The first kappa shape index (κ1) is 14.3. The molecule has 1 rings (SSSR count). The van der Waals surface area contributed by atoms with Gasteiger partial charge >= 0.3 is 0 Å². The highest BCUT2D eigenvalue weighted by molar-refractivity contribution is 5.84. The summed E-state index contributed by atoms with van der Waals surface area (Å²) in [6, 6.07) is 5.49. The maximum absolute atomic E-state index is 11.6. The third kappa shape index (κ3) is 4.23. The Labute approximate surface area is 105 Å². The molecule has 4 N–H and O–H groups in total. The molecule has 0 fully saturated rings. The molecule has 0 aliphatic heterocycles. The summed E-state index contributed by atoms with van der Waals surface area (Å²) < 4.78 is 0. The molecule has 18 heavy (non-hydrogen) atoms. The van der Waals surface area contributed by atoms with Crippen LogP contribution in [0.5, 0.6) is 0 Å². The first-order valence-corrected chi connectivity index (χ1v) is 5.76. The largest absolute Gasteiger partial charge is 0.330 e. The zero-order valence-electron chi connectivity index (χ0n) is 10.0. The second kappa shape index (κ2) is 6.83. The zero-order chi connectivity index (χ0) is 13.5. The molecule has 0 heterocycles. The molecule has 0 aliphatic rings. The van der Waals surface area contributed by atoms with Crippen molar-refractivity contribution in [3.8, 4) is 0 Å². The monoisotopic (exact) mass is 251 g/mol. The van der Waals surface area contributed by atoms with Crippen LogP contribution in [0.15, 0.2) is 24.3 Å². The van der Waals surface area contributed by atoms with E-state index in [-0.39, 0.29) is 11.5 Å². The highest BCUT2D eigenvalue weighted by Crippen LogP contribution is 2.13. The zero-order valence-corrected chi connectivity index (χ0v) is 10.0. The topological polar surface area (TPSA) is 112 Å². The van der Waals surface area contributed by atoms with E-state index in [1.54, 1.807) is 12.1 Å². The van der Waals surface area contributed by atoms with Crippen molar-refractivity contribution < 1.29 is 9.72 Å². The Morgan fingerprint density at radius 2 is 1.94 bits per heavy atom. The van der Waals surface area contributed by atoms with Gasteiger partial charge in [0, 0.05) is 18.6 Å². The fourth-order valence-corrected chi connectivity index (χ4v) is 1.58. The number of hydrogen-bond donors (Lipinski definition) is 2. The highest BCUT2D eigenvalue weighted by atomic mass is 16.6. The van der Waals surface area contributed by atoms with E-state index in [1.165, 1.54) is 12.1 Å². The van der Waals surface area contributed by atoms with Crippen LogP contribution < -0.4 is 11.5 Å².